The summed E-state index contributed by atoms with van der Waals surface area (Å²) in [4.78, 5) is 7.06. The van der Waals surface area contributed by atoms with Gasteiger partial charge in [0.2, 0.25) is 0 Å². The van der Waals surface area contributed by atoms with E-state index in [9.17, 15) is 0 Å². The van der Waals surface area contributed by atoms with Gasteiger partial charge in [-0.05, 0) is 44.9 Å². The maximum atomic E-state index is 5.88. The van der Waals surface area contributed by atoms with Crippen molar-refractivity contribution in [3.63, 3.8) is 0 Å². The Morgan fingerprint density at radius 2 is 2.10 bits per heavy atom. The number of ether oxygens (including phenoxy) is 1. The topological polar surface area (TPSA) is 37.4 Å². The number of anilines is 1. The number of nitrogens with one attached hydrogen (secondary N) is 1. The molecule has 2 saturated heterocycles. The molecule has 4 nitrogen and oxygen atoms in total. The minimum atomic E-state index is 0.324. The second kappa shape index (κ2) is 6.10. The van der Waals surface area contributed by atoms with Gasteiger partial charge in [-0.25, -0.2) is 0 Å². The van der Waals surface area contributed by atoms with Gasteiger partial charge in [0.1, 0.15) is 0 Å². The second-order valence-electron chi connectivity index (χ2n) is 5.98. The predicted octanol–water partition coefficient (Wildman–Crippen LogP) is 2.51. The number of fused-ring (bicyclic) bond motifs is 2. The zero-order chi connectivity index (χ0) is 13.9. The molecule has 2 aliphatic heterocycles. The smallest absolute Gasteiger partial charge is 0.0755 e. The van der Waals surface area contributed by atoms with Gasteiger partial charge in [0.15, 0.2) is 0 Å². The highest BCUT2D eigenvalue weighted by atomic mass is 16.5. The van der Waals surface area contributed by atoms with Crippen LogP contribution in [0.2, 0.25) is 0 Å². The first-order chi connectivity index (χ1) is 9.76. The molecule has 1 N–H and O–H groups in total. The van der Waals surface area contributed by atoms with Crippen LogP contribution in [0.1, 0.15) is 44.8 Å². The van der Waals surface area contributed by atoms with Gasteiger partial charge >= 0.3 is 0 Å². The van der Waals surface area contributed by atoms with Crippen LogP contribution < -0.4 is 10.2 Å². The molecule has 20 heavy (non-hydrogen) atoms. The molecule has 0 saturated carbocycles. The fourth-order valence-corrected chi connectivity index (χ4v) is 3.13. The van der Waals surface area contributed by atoms with Crippen molar-refractivity contribution in [1.82, 2.24) is 10.3 Å². The molecule has 110 valence electrons. The van der Waals surface area contributed by atoms with Crippen LogP contribution in [0.4, 0.5) is 5.69 Å². The van der Waals surface area contributed by atoms with Crippen molar-refractivity contribution in [1.29, 1.82) is 0 Å². The van der Waals surface area contributed by atoms with Crippen molar-refractivity contribution in [2.75, 3.05) is 24.5 Å². The quantitative estimate of drug-likeness (QED) is 0.896. The fourth-order valence-electron chi connectivity index (χ4n) is 3.13. The van der Waals surface area contributed by atoms with Crippen molar-refractivity contribution in [3.05, 3.63) is 24.0 Å². The van der Waals surface area contributed by atoms with Crippen LogP contribution in [0.15, 0.2) is 18.3 Å². The first kappa shape index (κ1) is 13.8. The number of morpholine rings is 1. The van der Waals surface area contributed by atoms with Gasteiger partial charge in [0, 0.05) is 19.1 Å². The summed E-state index contributed by atoms with van der Waals surface area (Å²) in [5.74, 6) is 0. The summed E-state index contributed by atoms with van der Waals surface area (Å²) in [6.45, 7) is 7.43. The monoisotopic (exact) mass is 275 g/mol. The van der Waals surface area contributed by atoms with E-state index < -0.39 is 0 Å². The summed E-state index contributed by atoms with van der Waals surface area (Å²) in [6, 6.07) is 4.68. The van der Waals surface area contributed by atoms with Gasteiger partial charge in [-0.1, -0.05) is 6.92 Å². The molecule has 3 unspecified atom stereocenters. The highest BCUT2D eigenvalue weighted by molar-refractivity contribution is 5.46. The first-order valence-corrected chi connectivity index (χ1v) is 7.86. The Labute approximate surface area is 121 Å². The van der Waals surface area contributed by atoms with E-state index in [1.165, 1.54) is 18.5 Å². The Morgan fingerprint density at radius 1 is 1.35 bits per heavy atom. The average molecular weight is 275 g/mol. The molecule has 3 rings (SSSR count). The van der Waals surface area contributed by atoms with Gasteiger partial charge in [-0.15, -0.1) is 0 Å². The van der Waals surface area contributed by atoms with Crippen LogP contribution in [-0.4, -0.2) is 36.8 Å². The molecule has 3 atom stereocenters. The van der Waals surface area contributed by atoms with Crippen molar-refractivity contribution in [2.45, 2.75) is 51.4 Å². The van der Waals surface area contributed by atoms with E-state index in [-0.39, 0.29) is 0 Å². The number of hydrogen-bond donors (Lipinski definition) is 1. The number of rotatable bonds is 5. The van der Waals surface area contributed by atoms with Gasteiger partial charge < -0.3 is 15.0 Å². The summed E-state index contributed by atoms with van der Waals surface area (Å²) in [5, 5.41) is 3.48. The van der Waals surface area contributed by atoms with Crippen molar-refractivity contribution in [2.24, 2.45) is 0 Å². The van der Waals surface area contributed by atoms with Crippen LogP contribution in [0.5, 0.6) is 0 Å². The minimum absolute atomic E-state index is 0.324. The van der Waals surface area contributed by atoms with E-state index >= 15 is 0 Å². The lowest BCUT2D eigenvalue weighted by molar-refractivity contribution is 0.0305. The summed E-state index contributed by atoms with van der Waals surface area (Å²) >= 11 is 0. The Bertz CT molecular complexity index is 422. The molecule has 0 radical (unpaired) electrons. The molecule has 0 spiro atoms. The Hall–Kier alpha value is -1.13. The van der Waals surface area contributed by atoms with E-state index in [1.807, 2.05) is 6.20 Å². The summed E-state index contributed by atoms with van der Waals surface area (Å²) in [6.07, 6.45) is 6.45. The predicted molar refractivity (Wildman–Crippen MR) is 81.1 cm³/mol. The molecule has 1 aromatic heterocycles. The highest BCUT2D eigenvalue weighted by Crippen LogP contribution is 2.29. The molecular weight excluding hydrogens is 250 g/mol. The van der Waals surface area contributed by atoms with E-state index in [1.54, 1.807) is 0 Å². The van der Waals surface area contributed by atoms with E-state index in [4.69, 9.17) is 4.74 Å². The maximum absolute atomic E-state index is 5.88. The Kier molecular flexibility index (Phi) is 4.22. The average Bonchev–Trinajstić information content (AvgIpc) is 2.83. The third-order valence-corrected chi connectivity index (χ3v) is 4.32. The number of hydrogen-bond acceptors (Lipinski definition) is 4. The molecule has 2 bridgehead atoms. The fraction of sp³-hybridized carbons (Fsp3) is 0.688. The maximum Gasteiger partial charge on any atom is 0.0755 e. The zero-order valence-electron chi connectivity index (χ0n) is 12.5. The highest BCUT2D eigenvalue weighted by Gasteiger charge is 2.33. The molecule has 1 aromatic rings. The molecule has 2 fully saturated rings. The SMILES string of the molecule is CCCNC(C)c1ccc(N2CC3CCC(C2)O3)cn1. The normalized spacial score (nSPS) is 26.8. The standard InChI is InChI=1S/C16H25N3O/c1-3-8-17-12(2)16-7-4-13(9-18-16)19-10-14-5-6-15(11-19)20-14/h4,7,9,12,14-15,17H,3,5-6,8,10-11H2,1-2H3. The van der Waals surface area contributed by atoms with Crippen LogP contribution in [0, 0.1) is 0 Å². The van der Waals surface area contributed by atoms with Gasteiger partial charge in [-0.2, -0.15) is 0 Å². The summed E-state index contributed by atoms with van der Waals surface area (Å²) in [7, 11) is 0. The largest absolute Gasteiger partial charge is 0.371 e. The lowest BCUT2D eigenvalue weighted by Gasteiger charge is -2.33. The van der Waals surface area contributed by atoms with Gasteiger partial charge in [-0.3, -0.25) is 4.98 Å². The molecule has 4 heteroatoms. The molecule has 0 aliphatic carbocycles. The number of aromatic nitrogens is 1. The van der Waals surface area contributed by atoms with Crippen molar-refractivity contribution >= 4 is 5.69 Å². The molecule has 3 heterocycles. The van der Waals surface area contributed by atoms with Crippen LogP contribution >= 0.6 is 0 Å². The summed E-state index contributed by atoms with van der Waals surface area (Å²) in [5.41, 5.74) is 2.36. The van der Waals surface area contributed by atoms with E-state index in [2.05, 4.69) is 41.2 Å². The van der Waals surface area contributed by atoms with Crippen molar-refractivity contribution < 1.29 is 4.74 Å². The van der Waals surface area contributed by atoms with Crippen LogP contribution in [0.3, 0.4) is 0 Å². The Balaban J connectivity index is 1.64. The van der Waals surface area contributed by atoms with Gasteiger partial charge in [0.25, 0.3) is 0 Å². The number of nitrogens with zero attached hydrogens (tertiary/aromatic N) is 2. The minimum Gasteiger partial charge on any atom is -0.371 e. The summed E-state index contributed by atoms with van der Waals surface area (Å²) < 4.78 is 5.88. The third-order valence-electron chi connectivity index (χ3n) is 4.32. The van der Waals surface area contributed by atoms with Crippen LogP contribution in [0.25, 0.3) is 0 Å². The first-order valence-electron chi connectivity index (χ1n) is 7.86. The molecular formula is C16H25N3O. The molecule has 0 amide bonds. The number of pyridine rings is 1. The second-order valence-corrected chi connectivity index (χ2v) is 5.98. The molecule has 2 aliphatic rings. The van der Waals surface area contributed by atoms with E-state index in [0.717, 1.165) is 31.7 Å². The molecule has 0 aromatic carbocycles. The Morgan fingerprint density at radius 3 is 2.70 bits per heavy atom. The zero-order valence-corrected chi connectivity index (χ0v) is 12.5. The van der Waals surface area contributed by atoms with Gasteiger partial charge in [0.05, 0.1) is 29.8 Å². The van der Waals surface area contributed by atoms with Crippen LogP contribution in [-0.2, 0) is 4.74 Å². The van der Waals surface area contributed by atoms with E-state index in [0.29, 0.717) is 18.2 Å². The lowest BCUT2D eigenvalue weighted by atomic mass is 10.2. The lowest BCUT2D eigenvalue weighted by Crippen LogP contribution is -2.42. The third kappa shape index (κ3) is 2.96. The van der Waals surface area contributed by atoms with Crippen molar-refractivity contribution in [3.8, 4) is 0 Å².